The van der Waals surface area contributed by atoms with Crippen LogP contribution in [0.15, 0.2) is 24.3 Å². The van der Waals surface area contributed by atoms with E-state index in [2.05, 4.69) is 0 Å². The summed E-state index contributed by atoms with van der Waals surface area (Å²) in [4.78, 5) is 11.5. The van der Waals surface area contributed by atoms with Crippen LogP contribution in [0.5, 0.6) is 0 Å². The van der Waals surface area contributed by atoms with Gasteiger partial charge in [-0.3, -0.25) is 0 Å². The van der Waals surface area contributed by atoms with Gasteiger partial charge in [-0.05, 0) is 37.1 Å². The van der Waals surface area contributed by atoms with Crippen LogP contribution in [0.3, 0.4) is 0 Å². The van der Waals surface area contributed by atoms with Gasteiger partial charge in [-0.1, -0.05) is 13.8 Å². The number of ether oxygens (including phenoxy) is 1. The van der Waals surface area contributed by atoms with Crippen molar-refractivity contribution < 1.29 is 13.9 Å². The summed E-state index contributed by atoms with van der Waals surface area (Å²) in [7, 11) is 0. The van der Waals surface area contributed by atoms with Crippen LogP contribution in [-0.4, -0.2) is 12.1 Å². The zero-order valence-corrected chi connectivity index (χ0v) is 9.00. The lowest BCUT2D eigenvalue weighted by atomic mass is 10.2. The molecular weight excluding hydrogens is 195 g/mol. The Morgan fingerprint density at radius 1 is 1.27 bits per heavy atom. The highest BCUT2D eigenvalue weighted by Gasteiger charge is 2.12. The van der Waals surface area contributed by atoms with Gasteiger partial charge in [-0.25, -0.2) is 9.18 Å². The van der Waals surface area contributed by atoms with Crippen molar-refractivity contribution in [2.45, 2.75) is 32.8 Å². The van der Waals surface area contributed by atoms with Gasteiger partial charge in [0.05, 0.1) is 5.56 Å². The molecule has 0 saturated carbocycles. The van der Waals surface area contributed by atoms with E-state index in [1.807, 2.05) is 13.8 Å². The number of halogens is 1. The Morgan fingerprint density at radius 3 is 2.27 bits per heavy atom. The predicted molar refractivity (Wildman–Crippen MR) is 56.2 cm³/mol. The van der Waals surface area contributed by atoms with E-state index in [1.165, 1.54) is 24.3 Å². The molecule has 0 N–H and O–H groups in total. The van der Waals surface area contributed by atoms with Crippen molar-refractivity contribution in [3.8, 4) is 0 Å². The van der Waals surface area contributed by atoms with Gasteiger partial charge in [0.1, 0.15) is 11.9 Å². The van der Waals surface area contributed by atoms with E-state index < -0.39 is 0 Å². The molecule has 0 fully saturated rings. The zero-order valence-electron chi connectivity index (χ0n) is 9.00. The summed E-state index contributed by atoms with van der Waals surface area (Å²) in [5, 5.41) is 0. The average Bonchev–Trinajstić information content (AvgIpc) is 2.26. The first-order valence-corrected chi connectivity index (χ1v) is 5.14. The lowest BCUT2D eigenvalue weighted by molar-refractivity contribution is 0.0284. The summed E-state index contributed by atoms with van der Waals surface area (Å²) in [5.74, 6) is -0.738. The van der Waals surface area contributed by atoms with Crippen LogP contribution in [-0.2, 0) is 4.74 Å². The van der Waals surface area contributed by atoms with Crippen molar-refractivity contribution in [2.24, 2.45) is 0 Å². The Balaban J connectivity index is 2.64. The van der Waals surface area contributed by atoms with E-state index in [0.717, 1.165) is 12.8 Å². The van der Waals surface area contributed by atoms with Crippen LogP contribution < -0.4 is 0 Å². The predicted octanol–water partition coefficient (Wildman–Crippen LogP) is 3.17. The average molecular weight is 210 g/mol. The summed E-state index contributed by atoms with van der Waals surface area (Å²) in [6, 6.07) is 5.37. The van der Waals surface area contributed by atoms with Crippen molar-refractivity contribution in [2.75, 3.05) is 0 Å². The number of hydrogen-bond acceptors (Lipinski definition) is 2. The lowest BCUT2D eigenvalue weighted by Gasteiger charge is -2.13. The van der Waals surface area contributed by atoms with Gasteiger partial charge in [0, 0.05) is 0 Å². The molecule has 0 radical (unpaired) electrons. The topological polar surface area (TPSA) is 26.3 Å². The summed E-state index contributed by atoms with van der Waals surface area (Å²) in [6.07, 6.45) is 1.54. The molecule has 0 aliphatic heterocycles. The second-order valence-electron chi connectivity index (χ2n) is 3.35. The maximum absolute atomic E-state index is 12.6. The molecule has 0 saturated heterocycles. The van der Waals surface area contributed by atoms with E-state index in [9.17, 15) is 9.18 Å². The minimum absolute atomic E-state index is 0.0532. The van der Waals surface area contributed by atoms with E-state index in [0.29, 0.717) is 5.56 Å². The second kappa shape index (κ2) is 5.49. The minimum atomic E-state index is -0.385. The van der Waals surface area contributed by atoms with E-state index in [-0.39, 0.29) is 17.9 Å². The normalized spacial score (nSPS) is 10.4. The first-order valence-electron chi connectivity index (χ1n) is 5.14. The second-order valence-corrected chi connectivity index (χ2v) is 3.35. The standard InChI is InChI=1S/C12H15FO2/c1-3-11(4-2)15-12(14)9-5-7-10(13)8-6-9/h5-8,11H,3-4H2,1-2H3. The van der Waals surface area contributed by atoms with Gasteiger partial charge in [-0.15, -0.1) is 0 Å². The van der Waals surface area contributed by atoms with E-state index >= 15 is 0 Å². The van der Waals surface area contributed by atoms with E-state index in [1.54, 1.807) is 0 Å². The maximum Gasteiger partial charge on any atom is 0.338 e. The number of hydrogen-bond donors (Lipinski definition) is 0. The molecule has 82 valence electrons. The van der Waals surface area contributed by atoms with Crippen molar-refractivity contribution >= 4 is 5.97 Å². The molecular formula is C12H15FO2. The fourth-order valence-corrected chi connectivity index (χ4v) is 1.26. The van der Waals surface area contributed by atoms with Crippen LogP contribution in [0.1, 0.15) is 37.0 Å². The third kappa shape index (κ3) is 3.35. The number of rotatable bonds is 4. The smallest absolute Gasteiger partial charge is 0.338 e. The highest BCUT2D eigenvalue weighted by Crippen LogP contribution is 2.09. The monoisotopic (exact) mass is 210 g/mol. The Labute approximate surface area is 89.1 Å². The molecule has 0 aromatic heterocycles. The first-order chi connectivity index (χ1) is 7.17. The lowest BCUT2D eigenvalue weighted by Crippen LogP contribution is -2.16. The van der Waals surface area contributed by atoms with Crippen LogP contribution in [0.4, 0.5) is 4.39 Å². The van der Waals surface area contributed by atoms with E-state index in [4.69, 9.17) is 4.74 Å². The van der Waals surface area contributed by atoms with Crippen LogP contribution >= 0.6 is 0 Å². The minimum Gasteiger partial charge on any atom is -0.459 e. The molecule has 0 aliphatic carbocycles. The summed E-state index contributed by atoms with van der Waals surface area (Å²) < 4.78 is 17.8. The molecule has 0 atom stereocenters. The number of esters is 1. The van der Waals surface area contributed by atoms with Crippen molar-refractivity contribution in [1.29, 1.82) is 0 Å². The fourth-order valence-electron chi connectivity index (χ4n) is 1.26. The number of carbonyl (C=O) groups excluding carboxylic acids is 1. The van der Waals surface area contributed by atoms with Crippen LogP contribution in [0.2, 0.25) is 0 Å². The van der Waals surface area contributed by atoms with Crippen LogP contribution in [0, 0.1) is 5.82 Å². The third-order valence-electron chi connectivity index (χ3n) is 2.26. The van der Waals surface area contributed by atoms with Gasteiger partial charge in [-0.2, -0.15) is 0 Å². The van der Waals surface area contributed by atoms with Crippen LogP contribution in [0.25, 0.3) is 0 Å². The molecule has 0 aliphatic rings. The van der Waals surface area contributed by atoms with Crippen molar-refractivity contribution in [3.63, 3.8) is 0 Å². The fraction of sp³-hybridized carbons (Fsp3) is 0.417. The molecule has 1 rings (SSSR count). The third-order valence-corrected chi connectivity index (χ3v) is 2.26. The molecule has 0 amide bonds. The molecule has 0 spiro atoms. The highest BCUT2D eigenvalue weighted by atomic mass is 19.1. The summed E-state index contributed by atoms with van der Waals surface area (Å²) >= 11 is 0. The van der Waals surface area contributed by atoms with Gasteiger partial charge >= 0.3 is 5.97 Å². The molecule has 1 aromatic carbocycles. The van der Waals surface area contributed by atoms with Gasteiger partial charge < -0.3 is 4.74 Å². The zero-order chi connectivity index (χ0) is 11.3. The molecule has 2 nitrogen and oxygen atoms in total. The Kier molecular flexibility index (Phi) is 4.28. The number of benzene rings is 1. The Hall–Kier alpha value is -1.38. The molecule has 1 aromatic rings. The first kappa shape index (κ1) is 11.7. The molecule has 0 heterocycles. The largest absolute Gasteiger partial charge is 0.459 e. The SMILES string of the molecule is CCC(CC)OC(=O)c1ccc(F)cc1. The van der Waals surface area contributed by atoms with Crippen molar-refractivity contribution in [1.82, 2.24) is 0 Å². The molecule has 15 heavy (non-hydrogen) atoms. The molecule has 0 bridgehead atoms. The maximum atomic E-state index is 12.6. The van der Waals surface area contributed by atoms with Gasteiger partial charge in [0.2, 0.25) is 0 Å². The van der Waals surface area contributed by atoms with Gasteiger partial charge in [0.25, 0.3) is 0 Å². The number of carbonyl (C=O) groups is 1. The van der Waals surface area contributed by atoms with Gasteiger partial charge in [0.15, 0.2) is 0 Å². The summed E-state index contributed by atoms with van der Waals surface area (Å²) in [6.45, 7) is 3.93. The molecule has 3 heteroatoms. The highest BCUT2D eigenvalue weighted by molar-refractivity contribution is 5.89. The quantitative estimate of drug-likeness (QED) is 0.713. The summed E-state index contributed by atoms with van der Waals surface area (Å²) in [5.41, 5.74) is 0.392. The Morgan fingerprint density at radius 2 is 1.80 bits per heavy atom. The van der Waals surface area contributed by atoms with Crippen molar-refractivity contribution in [3.05, 3.63) is 35.6 Å². The molecule has 0 unspecified atom stereocenters. The Bertz CT molecular complexity index is 315.